The number of nitrogens with zero attached hydrogens (tertiary/aromatic N) is 1. The highest BCUT2D eigenvalue weighted by Gasteiger charge is 2.27. The van der Waals surface area contributed by atoms with Crippen LogP contribution in [0.2, 0.25) is 0 Å². The van der Waals surface area contributed by atoms with E-state index in [-0.39, 0.29) is 17.5 Å². The lowest BCUT2D eigenvalue weighted by molar-refractivity contribution is -0.122. The van der Waals surface area contributed by atoms with E-state index in [0.717, 1.165) is 19.3 Å². The van der Waals surface area contributed by atoms with Gasteiger partial charge in [0.05, 0.1) is 24.1 Å². The third kappa shape index (κ3) is 6.21. The molecule has 3 rings (SSSR count). The van der Waals surface area contributed by atoms with Crippen molar-refractivity contribution < 1.29 is 14.3 Å². The number of aromatic nitrogens is 2. The van der Waals surface area contributed by atoms with E-state index in [1.165, 1.54) is 17.4 Å². The molecule has 0 bridgehead atoms. The summed E-state index contributed by atoms with van der Waals surface area (Å²) >= 11 is 0. The molecule has 2 aromatic rings. The minimum atomic E-state index is -0.442. The molecule has 1 aliphatic carbocycles. The summed E-state index contributed by atoms with van der Waals surface area (Å²) in [6, 6.07) is 3.55. The molecule has 1 aliphatic rings. The maximum Gasteiger partial charge on any atom is 0.328 e. The number of H-pyrrole nitrogens is 1. The van der Waals surface area contributed by atoms with E-state index >= 15 is 0 Å². The Kier molecular flexibility index (Phi) is 9.19. The van der Waals surface area contributed by atoms with Gasteiger partial charge < -0.3 is 19.8 Å². The fourth-order valence-electron chi connectivity index (χ4n) is 4.80. The lowest BCUT2D eigenvalue weighted by atomic mass is 9.78. The minimum absolute atomic E-state index is 0.0974. The molecule has 3 atom stereocenters. The van der Waals surface area contributed by atoms with Crippen molar-refractivity contribution in [1.29, 1.82) is 0 Å². The van der Waals surface area contributed by atoms with Gasteiger partial charge in [-0.15, -0.1) is 0 Å². The Hall–Kier alpha value is -2.77. The van der Waals surface area contributed by atoms with Gasteiger partial charge in [0.2, 0.25) is 5.91 Å². The number of rotatable bonds is 11. The first-order valence-electron chi connectivity index (χ1n) is 12.7. The van der Waals surface area contributed by atoms with Crippen LogP contribution >= 0.6 is 0 Å². The zero-order valence-electron chi connectivity index (χ0n) is 20.9. The van der Waals surface area contributed by atoms with Crippen LogP contribution in [0.3, 0.4) is 0 Å². The number of nitrogens with one attached hydrogen (secondary N) is 2. The number of hydrogen-bond donors (Lipinski definition) is 2. The molecule has 34 heavy (non-hydrogen) atoms. The van der Waals surface area contributed by atoms with Gasteiger partial charge in [-0.05, 0) is 51.0 Å². The molecule has 8 nitrogen and oxygen atoms in total. The maximum atomic E-state index is 13.0. The van der Waals surface area contributed by atoms with E-state index in [1.54, 1.807) is 12.1 Å². The molecule has 2 N–H and O–H groups in total. The van der Waals surface area contributed by atoms with Crippen LogP contribution in [-0.2, 0) is 11.3 Å². The number of carbonyl (C=O) groups excluding carboxylic acids is 1. The first kappa shape index (κ1) is 25.8. The van der Waals surface area contributed by atoms with Crippen LogP contribution in [0.5, 0.6) is 11.5 Å². The van der Waals surface area contributed by atoms with Gasteiger partial charge in [-0.1, -0.05) is 33.1 Å². The first-order chi connectivity index (χ1) is 16.3. The Bertz CT molecular complexity index is 1090. The van der Waals surface area contributed by atoms with Gasteiger partial charge in [0, 0.05) is 25.1 Å². The predicted molar refractivity (Wildman–Crippen MR) is 134 cm³/mol. The first-order valence-corrected chi connectivity index (χ1v) is 12.7. The average molecular weight is 474 g/mol. The molecule has 1 heterocycles. The van der Waals surface area contributed by atoms with Gasteiger partial charge in [0.1, 0.15) is 0 Å². The third-order valence-corrected chi connectivity index (χ3v) is 6.98. The van der Waals surface area contributed by atoms with Crippen LogP contribution < -0.4 is 26.0 Å². The number of unbranched alkanes of at least 4 members (excludes halogenated alkanes) is 2. The van der Waals surface area contributed by atoms with Crippen LogP contribution in [0, 0.1) is 11.8 Å². The number of fused-ring (bicyclic) bond motifs is 1. The van der Waals surface area contributed by atoms with Crippen LogP contribution in [0.25, 0.3) is 10.9 Å². The molecule has 0 spiro atoms. The van der Waals surface area contributed by atoms with Crippen molar-refractivity contribution in [3.63, 3.8) is 0 Å². The zero-order valence-corrected chi connectivity index (χ0v) is 20.9. The lowest BCUT2D eigenvalue weighted by Crippen LogP contribution is -2.43. The van der Waals surface area contributed by atoms with Crippen LogP contribution in [0.1, 0.15) is 72.6 Å². The van der Waals surface area contributed by atoms with E-state index in [4.69, 9.17) is 9.47 Å². The summed E-state index contributed by atoms with van der Waals surface area (Å²) in [4.78, 5) is 40.7. The van der Waals surface area contributed by atoms with Crippen molar-refractivity contribution in [2.75, 3.05) is 13.2 Å². The van der Waals surface area contributed by atoms with Gasteiger partial charge in [0.25, 0.3) is 5.56 Å². The summed E-state index contributed by atoms with van der Waals surface area (Å²) in [6.07, 6.45) is 6.08. The maximum absolute atomic E-state index is 13.0. The van der Waals surface area contributed by atoms with E-state index < -0.39 is 5.69 Å². The van der Waals surface area contributed by atoms with Crippen molar-refractivity contribution in [2.45, 2.75) is 85.2 Å². The minimum Gasteiger partial charge on any atom is -0.490 e. The standard InChI is InChI=1S/C26H39N3O5/c1-5-33-22-15-19-21(16-23(22)34-6-2)28-26(32)29(25(19)31)14-9-7-8-13-24(30)27-20-12-10-11-17(3)18(20)4/h15-18,20H,5-14H2,1-4H3,(H,27,30)(H,28,32). The highest BCUT2D eigenvalue weighted by molar-refractivity contribution is 5.81. The quantitative estimate of drug-likeness (QED) is 0.481. The predicted octanol–water partition coefficient (Wildman–Crippen LogP) is 3.99. The fourth-order valence-corrected chi connectivity index (χ4v) is 4.80. The van der Waals surface area contributed by atoms with Gasteiger partial charge >= 0.3 is 5.69 Å². The Balaban J connectivity index is 1.57. The lowest BCUT2D eigenvalue weighted by Gasteiger charge is -2.34. The topological polar surface area (TPSA) is 102 Å². The van der Waals surface area contributed by atoms with Gasteiger partial charge in [0.15, 0.2) is 11.5 Å². The molecule has 1 fully saturated rings. The summed E-state index contributed by atoms with van der Waals surface area (Å²) in [5, 5.41) is 3.59. The molecular formula is C26H39N3O5. The smallest absolute Gasteiger partial charge is 0.328 e. The summed E-state index contributed by atoms with van der Waals surface area (Å²) in [6.45, 7) is 9.40. The Morgan fingerprint density at radius 3 is 2.47 bits per heavy atom. The Morgan fingerprint density at radius 2 is 1.76 bits per heavy atom. The molecule has 1 aromatic carbocycles. The van der Waals surface area contributed by atoms with Crippen LogP contribution in [0.4, 0.5) is 0 Å². The van der Waals surface area contributed by atoms with E-state index in [9.17, 15) is 14.4 Å². The average Bonchev–Trinajstić information content (AvgIpc) is 2.80. The molecule has 1 saturated carbocycles. The van der Waals surface area contributed by atoms with Crippen molar-refractivity contribution in [2.24, 2.45) is 11.8 Å². The number of carbonyl (C=O) groups is 1. The second-order valence-corrected chi connectivity index (χ2v) is 9.35. The number of amides is 1. The number of ether oxygens (including phenoxy) is 2. The highest BCUT2D eigenvalue weighted by Crippen LogP contribution is 2.31. The second-order valence-electron chi connectivity index (χ2n) is 9.35. The van der Waals surface area contributed by atoms with Crippen molar-refractivity contribution in [3.8, 4) is 11.5 Å². The summed E-state index contributed by atoms with van der Waals surface area (Å²) in [7, 11) is 0. The Morgan fingerprint density at radius 1 is 1.06 bits per heavy atom. The molecule has 0 aliphatic heterocycles. The normalized spacial score (nSPS) is 20.3. The fraction of sp³-hybridized carbons (Fsp3) is 0.654. The SMILES string of the molecule is CCOc1cc2[nH]c(=O)n(CCCCCC(=O)NC3CCCC(C)C3C)c(=O)c2cc1OCC. The van der Waals surface area contributed by atoms with E-state index in [0.29, 0.717) is 66.8 Å². The third-order valence-electron chi connectivity index (χ3n) is 6.98. The second kappa shape index (κ2) is 12.1. The monoisotopic (exact) mass is 473 g/mol. The van der Waals surface area contributed by atoms with E-state index in [2.05, 4.69) is 24.1 Å². The van der Waals surface area contributed by atoms with Gasteiger partial charge in [-0.3, -0.25) is 14.2 Å². The highest BCUT2D eigenvalue weighted by atomic mass is 16.5. The molecular weight excluding hydrogens is 434 g/mol. The molecule has 1 aromatic heterocycles. The van der Waals surface area contributed by atoms with Crippen LogP contribution in [-0.4, -0.2) is 34.7 Å². The number of benzene rings is 1. The summed E-state index contributed by atoms with van der Waals surface area (Å²) in [5.41, 5.74) is -0.357. The molecule has 8 heteroatoms. The summed E-state index contributed by atoms with van der Waals surface area (Å²) < 4.78 is 12.4. The molecule has 0 saturated heterocycles. The van der Waals surface area contributed by atoms with Crippen LogP contribution in [0.15, 0.2) is 21.7 Å². The van der Waals surface area contributed by atoms with Crippen molar-refractivity contribution >= 4 is 16.8 Å². The summed E-state index contributed by atoms with van der Waals surface area (Å²) in [5.74, 6) is 2.24. The molecule has 188 valence electrons. The van der Waals surface area contributed by atoms with Crippen molar-refractivity contribution in [3.05, 3.63) is 33.0 Å². The largest absolute Gasteiger partial charge is 0.490 e. The van der Waals surface area contributed by atoms with Gasteiger partial charge in [-0.2, -0.15) is 0 Å². The van der Waals surface area contributed by atoms with E-state index in [1.807, 2.05) is 13.8 Å². The zero-order chi connectivity index (χ0) is 24.7. The molecule has 0 radical (unpaired) electrons. The Labute approximate surface area is 201 Å². The van der Waals surface area contributed by atoms with Gasteiger partial charge in [-0.25, -0.2) is 4.79 Å². The number of hydrogen-bond acceptors (Lipinski definition) is 5. The molecule has 1 amide bonds. The molecule has 3 unspecified atom stereocenters. The number of aromatic amines is 1. The van der Waals surface area contributed by atoms with Crippen molar-refractivity contribution in [1.82, 2.24) is 14.9 Å².